The molecule has 196 valence electrons. The van der Waals surface area contributed by atoms with Crippen LogP contribution in [0.4, 0.5) is 24.5 Å². The third-order valence-corrected chi connectivity index (χ3v) is 7.07. The number of alkyl halides is 3. The summed E-state index contributed by atoms with van der Waals surface area (Å²) in [6, 6.07) is 14.8. The van der Waals surface area contributed by atoms with E-state index in [4.69, 9.17) is 28.6 Å². The second-order valence-corrected chi connectivity index (χ2v) is 10.5. The van der Waals surface area contributed by atoms with Gasteiger partial charge < -0.3 is 10.1 Å². The zero-order valence-electron chi connectivity index (χ0n) is 20.1. The van der Waals surface area contributed by atoms with Crippen molar-refractivity contribution in [2.45, 2.75) is 20.0 Å². The lowest BCUT2D eigenvalue weighted by molar-refractivity contribution is -0.137. The molecule has 3 aromatic rings. The molecule has 38 heavy (non-hydrogen) atoms. The van der Waals surface area contributed by atoms with Crippen molar-refractivity contribution in [3.05, 3.63) is 92.8 Å². The topological polar surface area (TPSA) is 58.6 Å². The molecule has 5 nitrogen and oxygen atoms in total. The number of aryl methyl sites for hydroxylation is 2. The molecular weight excluding hydrogens is 557 g/mol. The molecule has 0 aromatic heterocycles. The number of halogens is 4. The van der Waals surface area contributed by atoms with Gasteiger partial charge in [0.2, 0.25) is 0 Å². The number of benzene rings is 3. The van der Waals surface area contributed by atoms with E-state index < -0.39 is 24.3 Å². The number of hydrogen-bond acceptors (Lipinski definition) is 5. The number of amides is 2. The van der Waals surface area contributed by atoms with Gasteiger partial charge in [0.05, 0.1) is 21.2 Å². The zero-order chi connectivity index (χ0) is 27.6. The summed E-state index contributed by atoms with van der Waals surface area (Å²) >= 11 is 12.9. The Hall–Kier alpha value is -3.34. The standard InChI is InChI=1S/C27H20ClF3N2O3S2/c1-15-6-8-21(16(2)10-15)33-25(35)23(38-26(33)37)12-17-7-9-22(20(28)11-17)36-14-24(34)32-19-5-3-4-18(13-19)27(29,30)31/h3-13H,14H2,1-2H3,(H,32,34)/b23-12-. The number of ether oxygens (including phenoxy) is 1. The quantitative estimate of drug-likeness (QED) is 0.245. The number of hydrogen-bond donors (Lipinski definition) is 1. The first-order chi connectivity index (χ1) is 17.9. The summed E-state index contributed by atoms with van der Waals surface area (Å²) < 4.78 is 44.4. The van der Waals surface area contributed by atoms with Crippen LogP contribution in [-0.2, 0) is 15.8 Å². The molecule has 2 amide bonds. The van der Waals surface area contributed by atoms with Crippen molar-refractivity contribution in [3.8, 4) is 5.75 Å². The number of anilines is 2. The highest BCUT2D eigenvalue weighted by atomic mass is 35.5. The van der Waals surface area contributed by atoms with Gasteiger partial charge in [-0.1, -0.05) is 65.4 Å². The number of carbonyl (C=O) groups excluding carboxylic acids is 2. The molecule has 0 spiro atoms. The van der Waals surface area contributed by atoms with E-state index in [0.717, 1.165) is 28.9 Å². The molecule has 0 aliphatic carbocycles. The summed E-state index contributed by atoms with van der Waals surface area (Å²) in [5.41, 5.74) is 2.49. The number of thiocarbonyl (C=S) groups is 1. The van der Waals surface area contributed by atoms with Crippen molar-refractivity contribution in [2.24, 2.45) is 0 Å². The van der Waals surface area contributed by atoms with E-state index in [0.29, 0.717) is 14.8 Å². The molecule has 0 saturated carbocycles. The lowest BCUT2D eigenvalue weighted by Crippen LogP contribution is -2.28. The average molecular weight is 577 g/mol. The largest absolute Gasteiger partial charge is 0.482 e. The van der Waals surface area contributed by atoms with E-state index in [1.165, 1.54) is 34.9 Å². The third-order valence-electron chi connectivity index (χ3n) is 5.47. The van der Waals surface area contributed by atoms with Crippen molar-refractivity contribution in [1.29, 1.82) is 0 Å². The van der Waals surface area contributed by atoms with E-state index in [2.05, 4.69) is 5.32 Å². The van der Waals surface area contributed by atoms with E-state index >= 15 is 0 Å². The molecule has 0 radical (unpaired) electrons. The fraction of sp³-hybridized carbons (Fsp3) is 0.148. The van der Waals surface area contributed by atoms with Crippen LogP contribution in [0.3, 0.4) is 0 Å². The summed E-state index contributed by atoms with van der Waals surface area (Å²) in [5, 5.41) is 2.55. The average Bonchev–Trinajstić information content (AvgIpc) is 3.11. The van der Waals surface area contributed by atoms with Crippen LogP contribution >= 0.6 is 35.6 Å². The first kappa shape index (κ1) is 27.7. The van der Waals surface area contributed by atoms with Crippen molar-refractivity contribution in [2.75, 3.05) is 16.8 Å². The summed E-state index contributed by atoms with van der Waals surface area (Å²) in [6.07, 6.45) is -2.86. The van der Waals surface area contributed by atoms with Crippen LogP contribution in [-0.4, -0.2) is 22.7 Å². The van der Waals surface area contributed by atoms with Gasteiger partial charge in [-0.3, -0.25) is 14.5 Å². The van der Waals surface area contributed by atoms with Crippen LogP contribution in [0.5, 0.6) is 5.75 Å². The normalized spacial score (nSPS) is 14.8. The number of nitrogens with one attached hydrogen (secondary N) is 1. The van der Waals surface area contributed by atoms with Crippen molar-refractivity contribution in [3.63, 3.8) is 0 Å². The minimum absolute atomic E-state index is 0.00647. The monoisotopic (exact) mass is 576 g/mol. The van der Waals surface area contributed by atoms with Gasteiger partial charge in [0.1, 0.15) is 5.75 Å². The van der Waals surface area contributed by atoms with Crippen molar-refractivity contribution >= 4 is 69.2 Å². The minimum Gasteiger partial charge on any atom is -0.482 e. The van der Waals surface area contributed by atoms with Gasteiger partial charge in [0, 0.05) is 5.69 Å². The summed E-state index contributed by atoms with van der Waals surface area (Å²) in [6.45, 7) is 3.42. The maximum atomic E-state index is 13.1. The lowest BCUT2D eigenvalue weighted by Gasteiger charge is -2.17. The predicted molar refractivity (Wildman–Crippen MR) is 149 cm³/mol. The fourth-order valence-electron chi connectivity index (χ4n) is 3.72. The molecule has 1 aliphatic rings. The van der Waals surface area contributed by atoms with Gasteiger partial charge in [0.15, 0.2) is 10.9 Å². The molecule has 0 unspecified atom stereocenters. The summed E-state index contributed by atoms with van der Waals surface area (Å²) in [4.78, 5) is 27.2. The molecule has 4 rings (SSSR count). The summed E-state index contributed by atoms with van der Waals surface area (Å²) in [5.74, 6) is -0.694. The van der Waals surface area contributed by atoms with E-state index in [9.17, 15) is 22.8 Å². The van der Waals surface area contributed by atoms with Gasteiger partial charge in [-0.15, -0.1) is 0 Å². The van der Waals surface area contributed by atoms with Gasteiger partial charge >= 0.3 is 6.18 Å². The van der Waals surface area contributed by atoms with Crippen molar-refractivity contribution in [1.82, 2.24) is 0 Å². The zero-order valence-corrected chi connectivity index (χ0v) is 22.4. The summed E-state index contributed by atoms with van der Waals surface area (Å²) in [7, 11) is 0. The Labute approximate surface area is 231 Å². The number of nitrogens with zero attached hydrogens (tertiary/aromatic N) is 1. The Morgan fingerprint density at radius 3 is 2.58 bits per heavy atom. The molecule has 1 aliphatic heterocycles. The Kier molecular flexibility index (Phi) is 8.15. The molecule has 1 N–H and O–H groups in total. The van der Waals surface area contributed by atoms with E-state index in [-0.39, 0.29) is 22.4 Å². The Morgan fingerprint density at radius 1 is 1.13 bits per heavy atom. The molecule has 1 saturated heterocycles. The first-order valence-electron chi connectivity index (χ1n) is 11.2. The minimum atomic E-state index is -4.52. The Morgan fingerprint density at radius 2 is 1.89 bits per heavy atom. The highest BCUT2D eigenvalue weighted by molar-refractivity contribution is 8.27. The maximum absolute atomic E-state index is 13.1. The molecule has 1 heterocycles. The SMILES string of the molecule is Cc1ccc(N2C(=O)/C(=C/c3ccc(OCC(=O)Nc4cccc(C(F)(F)F)c4)c(Cl)c3)SC2=S)c(C)c1. The molecule has 0 bridgehead atoms. The first-order valence-corrected chi connectivity index (χ1v) is 12.8. The lowest BCUT2D eigenvalue weighted by atomic mass is 10.1. The van der Waals surface area contributed by atoms with Crippen LogP contribution in [0, 0.1) is 13.8 Å². The number of rotatable bonds is 6. The van der Waals surface area contributed by atoms with Crippen molar-refractivity contribution < 1.29 is 27.5 Å². The Bertz CT molecular complexity index is 1470. The van der Waals surface area contributed by atoms with Gasteiger partial charge in [-0.05, 0) is 67.4 Å². The van der Waals surface area contributed by atoms with Crippen LogP contribution in [0.25, 0.3) is 6.08 Å². The predicted octanol–water partition coefficient (Wildman–Crippen LogP) is 7.40. The van der Waals surface area contributed by atoms with Gasteiger partial charge in [0.25, 0.3) is 11.8 Å². The second kappa shape index (κ2) is 11.2. The van der Waals surface area contributed by atoms with Gasteiger partial charge in [-0.25, -0.2) is 0 Å². The highest BCUT2D eigenvalue weighted by Gasteiger charge is 2.34. The fourth-order valence-corrected chi connectivity index (χ4v) is 5.25. The smallest absolute Gasteiger partial charge is 0.416 e. The number of carbonyl (C=O) groups is 2. The number of thioether (sulfide) groups is 1. The molecule has 3 aromatic carbocycles. The van der Waals surface area contributed by atoms with Gasteiger partial charge in [-0.2, -0.15) is 13.2 Å². The Balaban J connectivity index is 1.41. The second-order valence-electron chi connectivity index (χ2n) is 8.41. The van der Waals surface area contributed by atoms with E-state index in [1.807, 2.05) is 32.0 Å². The van der Waals surface area contributed by atoms with Crippen LogP contribution in [0.2, 0.25) is 5.02 Å². The highest BCUT2D eigenvalue weighted by Crippen LogP contribution is 2.38. The molecular formula is C27H20ClF3N2O3S2. The molecule has 0 atom stereocenters. The van der Waals surface area contributed by atoms with Crippen LogP contribution in [0.15, 0.2) is 65.6 Å². The van der Waals surface area contributed by atoms with Crippen LogP contribution in [0.1, 0.15) is 22.3 Å². The third kappa shape index (κ3) is 6.38. The molecule has 11 heteroatoms. The van der Waals surface area contributed by atoms with E-state index in [1.54, 1.807) is 18.2 Å². The molecule has 1 fully saturated rings. The van der Waals surface area contributed by atoms with Crippen LogP contribution < -0.4 is 15.0 Å². The maximum Gasteiger partial charge on any atom is 0.416 e.